The number of esters is 1. The van der Waals surface area contributed by atoms with Crippen molar-refractivity contribution in [2.45, 2.75) is 219 Å². The van der Waals surface area contributed by atoms with Gasteiger partial charge < -0.3 is 16.2 Å². The standard InChI is InChI=1S/C44H87N4O5P/c1-4-6-8-10-12-14-16-18-20-22-24-26-28-30-32-36-40-52-54(50,48-42(43(49)51-3)38-34-35-39-47-44(45)46)53-41-37-33-31-29-27-25-23-21-19-17-15-13-11-9-7-5-2/h18-21,42H,4-17,22-41H2,1-3H3,(H,48,50)(H4,45,46,47)/b20-18-,21-19-/t42-/m0/s1. The van der Waals surface area contributed by atoms with Crippen LogP contribution in [0.5, 0.6) is 0 Å². The van der Waals surface area contributed by atoms with Crippen LogP contribution in [0, 0.1) is 0 Å². The summed E-state index contributed by atoms with van der Waals surface area (Å²) in [6.07, 6.45) is 45.3. The van der Waals surface area contributed by atoms with E-state index in [0.717, 1.165) is 51.4 Å². The van der Waals surface area contributed by atoms with Crippen molar-refractivity contribution < 1.29 is 23.1 Å². The summed E-state index contributed by atoms with van der Waals surface area (Å²) in [5.41, 5.74) is 10.9. The lowest BCUT2D eigenvalue weighted by atomic mass is 10.1. The van der Waals surface area contributed by atoms with E-state index in [1.165, 1.54) is 136 Å². The van der Waals surface area contributed by atoms with Gasteiger partial charge in [-0.05, 0) is 83.5 Å². The zero-order valence-electron chi connectivity index (χ0n) is 35.5. The highest BCUT2D eigenvalue weighted by Gasteiger charge is 2.32. The third-order valence-electron chi connectivity index (χ3n) is 9.83. The van der Waals surface area contributed by atoms with Crippen molar-refractivity contribution in [3.8, 4) is 0 Å². The zero-order valence-corrected chi connectivity index (χ0v) is 36.4. The Morgan fingerprint density at radius 1 is 0.574 bits per heavy atom. The summed E-state index contributed by atoms with van der Waals surface area (Å²) in [5, 5.41) is 2.93. The number of unbranched alkanes of at least 4 members (excludes halogenated alkanes) is 25. The Morgan fingerprint density at radius 3 is 1.31 bits per heavy atom. The molecule has 318 valence electrons. The minimum Gasteiger partial charge on any atom is -0.468 e. The molecule has 1 atom stereocenters. The van der Waals surface area contributed by atoms with Crippen LogP contribution >= 0.6 is 7.75 Å². The van der Waals surface area contributed by atoms with E-state index in [2.05, 4.69) is 48.2 Å². The Bertz CT molecular complexity index is 909. The molecule has 0 heterocycles. The lowest BCUT2D eigenvalue weighted by Gasteiger charge is -2.24. The summed E-state index contributed by atoms with van der Waals surface area (Å²) in [7, 11) is -2.39. The third-order valence-corrected chi connectivity index (χ3v) is 11.5. The van der Waals surface area contributed by atoms with Gasteiger partial charge >= 0.3 is 13.7 Å². The van der Waals surface area contributed by atoms with E-state index in [4.69, 9.17) is 25.3 Å². The second-order valence-corrected chi connectivity index (χ2v) is 16.8. The highest BCUT2D eigenvalue weighted by Crippen LogP contribution is 2.45. The predicted molar refractivity (Wildman–Crippen MR) is 232 cm³/mol. The van der Waals surface area contributed by atoms with Crippen LogP contribution in [0.25, 0.3) is 0 Å². The molecule has 0 aliphatic heterocycles. The van der Waals surface area contributed by atoms with Crippen molar-refractivity contribution in [3.63, 3.8) is 0 Å². The molecule has 0 fully saturated rings. The first-order valence-electron chi connectivity index (χ1n) is 22.5. The number of nitrogens with zero attached hydrogens (tertiary/aromatic N) is 1. The number of aliphatic imine (C=N–C) groups is 1. The van der Waals surface area contributed by atoms with Crippen molar-refractivity contribution in [1.82, 2.24) is 5.09 Å². The molecule has 0 saturated carbocycles. The van der Waals surface area contributed by atoms with E-state index in [1.54, 1.807) is 0 Å². The van der Waals surface area contributed by atoms with Gasteiger partial charge in [-0.2, -0.15) is 0 Å². The van der Waals surface area contributed by atoms with Crippen molar-refractivity contribution in [3.05, 3.63) is 24.3 Å². The number of methoxy groups -OCH3 is 1. The van der Waals surface area contributed by atoms with Gasteiger partial charge in [-0.15, -0.1) is 0 Å². The molecule has 0 radical (unpaired) electrons. The van der Waals surface area contributed by atoms with Crippen LogP contribution in [0.4, 0.5) is 0 Å². The van der Waals surface area contributed by atoms with Gasteiger partial charge in [0, 0.05) is 6.54 Å². The number of hydrogen-bond acceptors (Lipinski definition) is 6. The highest BCUT2D eigenvalue weighted by molar-refractivity contribution is 7.51. The van der Waals surface area contributed by atoms with Crippen molar-refractivity contribution >= 4 is 19.7 Å². The fourth-order valence-electron chi connectivity index (χ4n) is 6.42. The van der Waals surface area contributed by atoms with Gasteiger partial charge in [-0.1, -0.05) is 154 Å². The van der Waals surface area contributed by atoms with Crippen LogP contribution in [0.2, 0.25) is 0 Å². The molecule has 0 aliphatic rings. The molecule has 10 heteroatoms. The monoisotopic (exact) mass is 783 g/mol. The molecule has 0 bridgehead atoms. The summed E-state index contributed by atoms with van der Waals surface area (Å²) in [5.74, 6) is -0.444. The van der Waals surface area contributed by atoms with Crippen molar-refractivity contribution in [2.24, 2.45) is 16.5 Å². The first-order chi connectivity index (χ1) is 26.4. The van der Waals surface area contributed by atoms with Crippen LogP contribution in [-0.4, -0.2) is 44.8 Å². The van der Waals surface area contributed by atoms with Gasteiger partial charge in [0.2, 0.25) is 0 Å². The van der Waals surface area contributed by atoms with Crippen LogP contribution in [0.1, 0.15) is 213 Å². The Balaban J connectivity index is 4.49. The summed E-state index contributed by atoms with van der Waals surface area (Å²) >= 11 is 0. The lowest BCUT2D eigenvalue weighted by Crippen LogP contribution is -2.36. The van der Waals surface area contributed by atoms with Gasteiger partial charge in [0.05, 0.1) is 20.3 Å². The molecule has 54 heavy (non-hydrogen) atoms. The Morgan fingerprint density at radius 2 is 0.944 bits per heavy atom. The number of nitrogens with one attached hydrogen (secondary N) is 1. The maximum Gasteiger partial charge on any atom is 0.406 e. The first-order valence-corrected chi connectivity index (χ1v) is 24.0. The van der Waals surface area contributed by atoms with Crippen LogP contribution < -0.4 is 16.6 Å². The summed E-state index contributed by atoms with van der Waals surface area (Å²) in [4.78, 5) is 16.6. The smallest absolute Gasteiger partial charge is 0.406 e. The predicted octanol–water partition coefficient (Wildman–Crippen LogP) is 12.8. The maximum atomic E-state index is 13.9. The number of carbonyl (C=O) groups is 1. The second-order valence-electron chi connectivity index (χ2n) is 15.0. The minimum absolute atomic E-state index is 0.0430. The Hall–Kier alpha value is -1.67. The van der Waals surface area contributed by atoms with Crippen LogP contribution in [0.3, 0.4) is 0 Å². The lowest BCUT2D eigenvalue weighted by molar-refractivity contribution is -0.143. The Labute approximate surface area is 333 Å². The van der Waals surface area contributed by atoms with E-state index < -0.39 is 19.8 Å². The average molecular weight is 783 g/mol. The number of hydrogen-bond donors (Lipinski definition) is 3. The van der Waals surface area contributed by atoms with Crippen molar-refractivity contribution in [2.75, 3.05) is 26.9 Å². The van der Waals surface area contributed by atoms with E-state index >= 15 is 0 Å². The number of carbonyl (C=O) groups excluding carboxylic acids is 1. The number of guanidine groups is 1. The van der Waals surface area contributed by atoms with Crippen LogP contribution in [-0.2, 0) is 23.1 Å². The number of allylic oxidation sites excluding steroid dienone is 4. The molecule has 0 aromatic rings. The highest BCUT2D eigenvalue weighted by atomic mass is 31.2. The van der Waals surface area contributed by atoms with Crippen molar-refractivity contribution in [1.29, 1.82) is 0 Å². The molecular weight excluding hydrogens is 695 g/mol. The summed E-state index contributed by atoms with van der Waals surface area (Å²) in [6, 6.07) is -0.806. The molecule has 0 amide bonds. The quantitative estimate of drug-likeness (QED) is 0.0139. The Kier molecular flexibility index (Phi) is 39.7. The first kappa shape index (κ1) is 52.3. The molecule has 0 saturated heterocycles. The van der Waals surface area contributed by atoms with Gasteiger partial charge in [0.15, 0.2) is 5.96 Å². The largest absolute Gasteiger partial charge is 0.468 e. The van der Waals surface area contributed by atoms with E-state index in [-0.39, 0.29) is 5.96 Å². The SMILES string of the molecule is CCCCCCCC/C=C\CCCCCCCCOP(=O)(N[C@@H](CCCCN=C(N)N)C(=O)OC)OCCCCCCCC/C=C\CCCCCCCC. The van der Waals surface area contributed by atoms with Gasteiger partial charge in [0.1, 0.15) is 6.04 Å². The molecule has 0 aromatic heterocycles. The number of nitrogens with two attached hydrogens (primary N) is 2. The fraction of sp³-hybridized carbons (Fsp3) is 0.864. The third kappa shape index (κ3) is 37.3. The van der Waals surface area contributed by atoms with Gasteiger partial charge in [0.25, 0.3) is 0 Å². The normalized spacial score (nSPS) is 12.6. The molecule has 0 rings (SSSR count). The van der Waals surface area contributed by atoms with E-state index in [0.29, 0.717) is 39.0 Å². The van der Waals surface area contributed by atoms with Gasteiger partial charge in [-0.25, -0.2) is 9.65 Å². The molecule has 0 spiro atoms. The molecule has 0 aromatic carbocycles. The topological polar surface area (TPSA) is 138 Å². The molecule has 9 nitrogen and oxygen atoms in total. The average Bonchev–Trinajstić information content (AvgIpc) is 3.16. The number of ether oxygens (including phenoxy) is 1. The summed E-state index contributed by atoms with van der Waals surface area (Å²) in [6.45, 7) is 5.63. The molecule has 0 unspecified atom stereocenters. The maximum absolute atomic E-state index is 13.9. The minimum atomic E-state index is -3.73. The molecule has 0 aliphatic carbocycles. The van der Waals surface area contributed by atoms with E-state index in [1.807, 2.05) is 0 Å². The van der Waals surface area contributed by atoms with Gasteiger partial charge in [-0.3, -0.25) is 18.8 Å². The van der Waals surface area contributed by atoms with E-state index in [9.17, 15) is 9.36 Å². The van der Waals surface area contributed by atoms with Crippen LogP contribution in [0.15, 0.2) is 29.3 Å². The molecular formula is C44H87N4O5P. The zero-order chi connectivity index (χ0) is 39.6. The fourth-order valence-corrected chi connectivity index (χ4v) is 8.00. The second kappa shape index (κ2) is 41.0. The molecule has 5 N–H and O–H groups in total. The number of rotatable bonds is 42. The summed E-state index contributed by atoms with van der Waals surface area (Å²) < 4.78 is 30.7.